The average Bonchev–Trinajstić information content (AvgIpc) is 2.06. The summed E-state index contributed by atoms with van der Waals surface area (Å²) < 4.78 is 18.6. The molecule has 2 atom stereocenters. The number of allylic oxidation sites excluding steroid dienone is 1. The van der Waals surface area contributed by atoms with Crippen LogP contribution >= 0.6 is 0 Å². The number of nitrogens with one attached hydrogen (secondary N) is 1. The predicted molar refractivity (Wildman–Crippen MR) is 46.9 cm³/mol. The van der Waals surface area contributed by atoms with Crippen molar-refractivity contribution in [1.29, 1.82) is 0 Å². The third-order valence-electron chi connectivity index (χ3n) is 2.07. The Labute approximate surface area is 72.8 Å². The molecule has 0 amide bonds. The van der Waals surface area contributed by atoms with Crippen molar-refractivity contribution in [2.45, 2.75) is 25.1 Å². The molecule has 1 rings (SSSR count). The van der Waals surface area contributed by atoms with Gasteiger partial charge in [-0.15, -0.1) is 0 Å². The zero-order chi connectivity index (χ0) is 9.03. The molecule has 2 unspecified atom stereocenters. The molecule has 0 aromatic rings. The third kappa shape index (κ3) is 2.91. The molecular weight excluding hydrogens is 157 g/mol. The van der Waals surface area contributed by atoms with Crippen molar-refractivity contribution in [3.8, 4) is 0 Å². The van der Waals surface area contributed by atoms with Crippen molar-refractivity contribution in [1.82, 2.24) is 5.32 Å². The Morgan fingerprint density at radius 3 is 3.08 bits per heavy atom. The predicted octanol–water partition coefficient (Wildman–Crippen LogP) is 1.28. The van der Waals surface area contributed by atoms with E-state index in [-0.39, 0.29) is 6.04 Å². The molecule has 1 N–H and O–H groups in total. The molecule has 3 heteroatoms. The van der Waals surface area contributed by atoms with Crippen molar-refractivity contribution in [2.75, 3.05) is 19.8 Å². The first-order valence-electron chi connectivity index (χ1n) is 4.28. The summed E-state index contributed by atoms with van der Waals surface area (Å²) in [5.74, 6) is 0. The number of hydrogen-bond donors (Lipinski definition) is 1. The zero-order valence-electron chi connectivity index (χ0n) is 7.48. The van der Waals surface area contributed by atoms with Crippen LogP contribution in [0.1, 0.15) is 13.3 Å². The highest BCUT2D eigenvalue weighted by molar-refractivity contribution is 4.95. The molecule has 0 spiro atoms. The van der Waals surface area contributed by atoms with Gasteiger partial charge in [-0.2, -0.15) is 0 Å². The Morgan fingerprint density at radius 2 is 2.58 bits per heavy atom. The lowest BCUT2D eigenvalue weighted by Gasteiger charge is -2.28. The van der Waals surface area contributed by atoms with E-state index in [0.717, 1.165) is 13.2 Å². The summed E-state index contributed by atoms with van der Waals surface area (Å²) in [4.78, 5) is 0. The van der Waals surface area contributed by atoms with Crippen LogP contribution in [0.15, 0.2) is 12.7 Å². The van der Waals surface area contributed by atoms with Crippen molar-refractivity contribution < 1.29 is 9.13 Å². The number of rotatable bonds is 3. The van der Waals surface area contributed by atoms with Crippen LogP contribution in [0.5, 0.6) is 0 Å². The van der Waals surface area contributed by atoms with Gasteiger partial charge in [0.2, 0.25) is 0 Å². The molecule has 12 heavy (non-hydrogen) atoms. The van der Waals surface area contributed by atoms with Crippen LogP contribution in [0, 0.1) is 0 Å². The number of alkyl halides is 1. The fraction of sp³-hybridized carbons (Fsp3) is 0.778. The Morgan fingerprint density at radius 1 is 1.83 bits per heavy atom. The second kappa shape index (κ2) is 4.01. The van der Waals surface area contributed by atoms with E-state index in [2.05, 4.69) is 11.9 Å². The lowest BCUT2D eigenvalue weighted by Crippen LogP contribution is -2.44. The molecule has 1 aliphatic rings. The smallest absolute Gasteiger partial charge is 0.127 e. The summed E-state index contributed by atoms with van der Waals surface area (Å²) in [6.07, 6.45) is 1.79. The van der Waals surface area contributed by atoms with Gasteiger partial charge in [0.25, 0.3) is 0 Å². The van der Waals surface area contributed by atoms with Crippen LogP contribution in [0.3, 0.4) is 0 Å². The average molecular weight is 173 g/mol. The summed E-state index contributed by atoms with van der Waals surface area (Å²) in [6, 6.07) is 0.131. The van der Waals surface area contributed by atoms with Crippen LogP contribution < -0.4 is 5.32 Å². The lowest BCUT2D eigenvalue weighted by atomic mass is 9.99. The molecule has 0 radical (unpaired) electrons. The summed E-state index contributed by atoms with van der Waals surface area (Å²) in [7, 11) is 0. The van der Waals surface area contributed by atoms with E-state index in [9.17, 15) is 4.39 Å². The Hall–Kier alpha value is -0.410. The van der Waals surface area contributed by atoms with Gasteiger partial charge < -0.3 is 10.1 Å². The molecule has 0 aromatic heterocycles. The normalized spacial score (nSPS) is 29.3. The van der Waals surface area contributed by atoms with E-state index in [1.54, 1.807) is 0 Å². The number of morpholine rings is 1. The molecule has 0 aromatic carbocycles. The van der Waals surface area contributed by atoms with E-state index >= 15 is 0 Å². The fourth-order valence-corrected chi connectivity index (χ4v) is 1.32. The quantitative estimate of drug-likeness (QED) is 0.649. The van der Waals surface area contributed by atoms with Crippen molar-refractivity contribution >= 4 is 0 Å². The topological polar surface area (TPSA) is 21.3 Å². The molecule has 2 nitrogen and oxygen atoms in total. The molecule has 1 heterocycles. The highest BCUT2D eigenvalue weighted by atomic mass is 19.1. The molecule has 1 aliphatic heterocycles. The van der Waals surface area contributed by atoms with E-state index in [1.165, 1.54) is 13.0 Å². The second-order valence-corrected chi connectivity index (χ2v) is 3.41. The monoisotopic (exact) mass is 173 g/mol. The maximum atomic E-state index is 13.4. The first-order chi connectivity index (χ1) is 5.64. The molecule has 1 saturated heterocycles. The largest absolute Gasteiger partial charge is 0.379 e. The summed E-state index contributed by atoms with van der Waals surface area (Å²) in [5.41, 5.74) is -1.28. The van der Waals surface area contributed by atoms with Gasteiger partial charge in [-0.1, -0.05) is 12.7 Å². The van der Waals surface area contributed by atoms with Gasteiger partial charge in [-0.25, -0.2) is 4.39 Å². The third-order valence-corrected chi connectivity index (χ3v) is 2.07. The van der Waals surface area contributed by atoms with Crippen LogP contribution in [-0.2, 0) is 4.74 Å². The summed E-state index contributed by atoms with van der Waals surface area (Å²) in [6.45, 7) is 7.14. The summed E-state index contributed by atoms with van der Waals surface area (Å²) in [5, 5.41) is 3.20. The van der Waals surface area contributed by atoms with Gasteiger partial charge in [-0.3, -0.25) is 0 Å². The van der Waals surface area contributed by atoms with Crippen LogP contribution in [-0.4, -0.2) is 31.5 Å². The minimum Gasteiger partial charge on any atom is -0.379 e. The number of halogens is 1. The standard InChI is InChI=1S/C9H16FNO/c1-3-9(2,10)6-8-7-12-5-4-11-8/h3,8,11H,1,4-7H2,2H3. The van der Waals surface area contributed by atoms with E-state index < -0.39 is 5.67 Å². The Balaban J connectivity index is 2.33. The highest BCUT2D eigenvalue weighted by Crippen LogP contribution is 2.19. The maximum Gasteiger partial charge on any atom is 0.127 e. The van der Waals surface area contributed by atoms with Crippen molar-refractivity contribution in [2.24, 2.45) is 0 Å². The first kappa shape index (κ1) is 9.68. The number of ether oxygens (including phenoxy) is 1. The molecule has 0 bridgehead atoms. The molecule has 0 aliphatic carbocycles. The van der Waals surface area contributed by atoms with Gasteiger partial charge in [-0.05, 0) is 6.92 Å². The molecule has 1 fully saturated rings. The van der Waals surface area contributed by atoms with Gasteiger partial charge in [0.15, 0.2) is 0 Å². The van der Waals surface area contributed by atoms with Gasteiger partial charge in [0.1, 0.15) is 5.67 Å². The summed E-state index contributed by atoms with van der Waals surface area (Å²) >= 11 is 0. The molecular formula is C9H16FNO. The Bertz CT molecular complexity index is 153. The Kier molecular flexibility index (Phi) is 3.23. The highest BCUT2D eigenvalue weighted by Gasteiger charge is 2.25. The van der Waals surface area contributed by atoms with Gasteiger partial charge in [0, 0.05) is 19.0 Å². The van der Waals surface area contributed by atoms with Crippen molar-refractivity contribution in [3.05, 3.63) is 12.7 Å². The zero-order valence-corrected chi connectivity index (χ0v) is 7.48. The van der Waals surface area contributed by atoms with E-state index in [0.29, 0.717) is 13.0 Å². The SMILES string of the molecule is C=CC(C)(F)CC1COCCN1. The fourth-order valence-electron chi connectivity index (χ4n) is 1.32. The van der Waals surface area contributed by atoms with Crippen LogP contribution in [0.25, 0.3) is 0 Å². The maximum absolute atomic E-state index is 13.4. The number of hydrogen-bond acceptors (Lipinski definition) is 2. The van der Waals surface area contributed by atoms with E-state index in [4.69, 9.17) is 4.74 Å². The van der Waals surface area contributed by atoms with Gasteiger partial charge >= 0.3 is 0 Å². The second-order valence-electron chi connectivity index (χ2n) is 3.41. The van der Waals surface area contributed by atoms with E-state index in [1.807, 2.05) is 0 Å². The minimum absolute atomic E-state index is 0.131. The van der Waals surface area contributed by atoms with Crippen LogP contribution in [0.4, 0.5) is 4.39 Å². The molecule has 70 valence electrons. The van der Waals surface area contributed by atoms with Crippen molar-refractivity contribution in [3.63, 3.8) is 0 Å². The lowest BCUT2D eigenvalue weighted by molar-refractivity contribution is 0.0580. The molecule has 0 saturated carbocycles. The first-order valence-corrected chi connectivity index (χ1v) is 4.28. The van der Waals surface area contributed by atoms with Crippen LogP contribution in [0.2, 0.25) is 0 Å². The minimum atomic E-state index is -1.28. The van der Waals surface area contributed by atoms with Gasteiger partial charge in [0.05, 0.1) is 13.2 Å².